The van der Waals surface area contributed by atoms with Gasteiger partial charge in [0, 0.05) is 21.4 Å². The van der Waals surface area contributed by atoms with E-state index in [9.17, 15) is 18.0 Å². The highest BCUT2D eigenvalue weighted by atomic mass is 79.9. The minimum atomic E-state index is -4.53. The average molecular weight is 484 g/mol. The fourth-order valence-electron chi connectivity index (χ4n) is 2.67. The highest BCUT2D eigenvalue weighted by molar-refractivity contribution is 9.10. The lowest BCUT2D eigenvalue weighted by Gasteiger charge is -2.11. The van der Waals surface area contributed by atoms with Crippen LogP contribution in [-0.4, -0.2) is 23.1 Å². The zero-order chi connectivity index (χ0) is 21.2. The molecule has 0 spiro atoms. The number of nitrogens with two attached hydrogens (primary N) is 1. The van der Waals surface area contributed by atoms with Crippen LogP contribution in [0.25, 0.3) is 10.9 Å². The van der Waals surface area contributed by atoms with Gasteiger partial charge < -0.3 is 11.1 Å². The molecule has 1 aromatic carbocycles. The molecule has 0 unspecified atom stereocenters. The van der Waals surface area contributed by atoms with Gasteiger partial charge in [0.2, 0.25) is 5.91 Å². The van der Waals surface area contributed by atoms with E-state index in [1.165, 1.54) is 11.3 Å². The number of amidine groups is 1. The Morgan fingerprint density at radius 1 is 1.41 bits per heavy atom. The van der Waals surface area contributed by atoms with Gasteiger partial charge in [0.15, 0.2) is 0 Å². The first-order valence-corrected chi connectivity index (χ1v) is 9.72. The molecule has 0 saturated heterocycles. The Bertz CT molecular complexity index is 1130. The first-order chi connectivity index (χ1) is 13.7. The second-order valence-corrected chi connectivity index (χ2v) is 7.60. The van der Waals surface area contributed by atoms with Crippen LogP contribution in [0.5, 0.6) is 0 Å². The van der Waals surface area contributed by atoms with Crippen LogP contribution in [0.15, 0.2) is 45.3 Å². The number of carbonyl (C=O) groups excluding carboxylic acids is 1. The highest BCUT2D eigenvalue weighted by Gasteiger charge is 2.31. The van der Waals surface area contributed by atoms with Crippen molar-refractivity contribution in [1.82, 2.24) is 4.98 Å². The number of aromatic nitrogens is 1. The number of benzene rings is 1. The minimum Gasteiger partial charge on any atom is -0.383 e. The smallest absolute Gasteiger partial charge is 0.383 e. The number of nitrogens with one attached hydrogen (secondary N) is 2. The molecule has 0 fully saturated rings. The third-order valence-electron chi connectivity index (χ3n) is 3.95. The number of carbonyl (C=O) groups is 1. The number of alkyl halides is 3. The van der Waals surface area contributed by atoms with Crippen LogP contribution in [0.3, 0.4) is 0 Å². The van der Waals surface area contributed by atoms with Crippen LogP contribution in [0, 0.1) is 5.41 Å². The summed E-state index contributed by atoms with van der Waals surface area (Å²) in [4.78, 5) is 20.1. The van der Waals surface area contributed by atoms with Crippen molar-refractivity contribution in [1.29, 1.82) is 5.41 Å². The maximum Gasteiger partial charge on any atom is 0.417 e. The predicted molar refractivity (Wildman–Crippen MR) is 111 cm³/mol. The molecule has 0 aliphatic carbocycles. The van der Waals surface area contributed by atoms with Gasteiger partial charge in [0.1, 0.15) is 17.2 Å². The molecule has 1 amide bonds. The summed E-state index contributed by atoms with van der Waals surface area (Å²) >= 11 is 4.51. The van der Waals surface area contributed by atoms with Crippen molar-refractivity contribution in [3.8, 4) is 0 Å². The molecule has 11 heteroatoms. The van der Waals surface area contributed by atoms with Crippen molar-refractivity contribution in [2.24, 2.45) is 10.7 Å². The first-order valence-electron chi connectivity index (χ1n) is 8.05. The number of halogens is 4. The molecule has 2 heterocycles. The van der Waals surface area contributed by atoms with E-state index in [2.05, 4.69) is 31.2 Å². The van der Waals surface area contributed by atoms with Gasteiger partial charge in [-0.3, -0.25) is 15.2 Å². The molecule has 0 radical (unpaired) electrons. The summed E-state index contributed by atoms with van der Waals surface area (Å²) in [7, 11) is 0. The van der Waals surface area contributed by atoms with E-state index in [1.54, 1.807) is 23.6 Å². The molecule has 4 N–H and O–H groups in total. The third-order valence-corrected chi connectivity index (χ3v) is 5.78. The van der Waals surface area contributed by atoms with Crippen LogP contribution in [0.2, 0.25) is 0 Å². The van der Waals surface area contributed by atoms with Crippen LogP contribution in [0.1, 0.15) is 16.7 Å². The Morgan fingerprint density at radius 2 is 2.17 bits per heavy atom. The Labute approximate surface area is 175 Å². The fraction of sp³-hybridized carbons (Fsp3) is 0.111. The zero-order valence-electron chi connectivity index (χ0n) is 14.5. The maximum absolute atomic E-state index is 13.0. The summed E-state index contributed by atoms with van der Waals surface area (Å²) in [6, 6.07) is 5.79. The number of thiophene rings is 1. The number of hydrogen-bond donors (Lipinski definition) is 3. The number of fused-ring (bicyclic) bond motifs is 1. The molecule has 0 saturated carbocycles. The molecule has 0 bridgehead atoms. The second-order valence-electron chi connectivity index (χ2n) is 5.86. The molecule has 3 aromatic rings. The van der Waals surface area contributed by atoms with Gasteiger partial charge in [-0.15, -0.1) is 11.3 Å². The van der Waals surface area contributed by atoms with Crippen molar-refractivity contribution >= 4 is 61.3 Å². The number of pyridine rings is 1. The zero-order valence-corrected chi connectivity index (χ0v) is 17.0. The Morgan fingerprint density at radius 3 is 2.86 bits per heavy atom. The van der Waals surface area contributed by atoms with Gasteiger partial charge in [0.05, 0.1) is 23.1 Å². The van der Waals surface area contributed by atoms with Crippen molar-refractivity contribution in [2.45, 2.75) is 12.6 Å². The minimum absolute atomic E-state index is 0.0487. The summed E-state index contributed by atoms with van der Waals surface area (Å²) in [5.74, 6) is -0.388. The summed E-state index contributed by atoms with van der Waals surface area (Å²) < 4.78 is 39.7. The Balaban J connectivity index is 1.90. The molecule has 150 valence electrons. The van der Waals surface area contributed by atoms with E-state index in [-0.39, 0.29) is 17.6 Å². The highest BCUT2D eigenvalue weighted by Crippen LogP contribution is 2.33. The predicted octanol–water partition coefficient (Wildman–Crippen LogP) is 4.57. The number of hydrogen-bond acceptors (Lipinski definition) is 4. The number of amides is 1. The summed E-state index contributed by atoms with van der Waals surface area (Å²) in [5, 5.41) is 12.1. The molecule has 29 heavy (non-hydrogen) atoms. The number of nitrogens with zero attached hydrogens (tertiary/aromatic N) is 2. The topological polar surface area (TPSA) is 104 Å². The molecule has 0 atom stereocenters. The van der Waals surface area contributed by atoms with E-state index in [4.69, 9.17) is 11.1 Å². The van der Waals surface area contributed by atoms with Gasteiger partial charge in [-0.05, 0) is 33.6 Å². The largest absolute Gasteiger partial charge is 0.417 e. The quantitative estimate of drug-likeness (QED) is 0.365. The van der Waals surface area contributed by atoms with Gasteiger partial charge in [-0.2, -0.15) is 13.2 Å². The van der Waals surface area contributed by atoms with E-state index >= 15 is 0 Å². The van der Waals surface area contributed by atoms with Gasteiger partial charge in [-0.25, -0.2) is 4.99 Å². The fourth-order valence-corrected chi connectivity index (χ4v) is 4.32. The average Bonchev–Trinajstić information content (AvgIpc) is 3.01. The van der Waals surface area contributed by atoms with Crippen LogP contribution in [-0.2, 0) is 17.4 Å². The van der Waals surface area contributed by atoms with Crippen LogP contribution >= 0.6 is 27.3 Å². The molecule has 6 nitrogen and oxygen atoms in total. The molecule has 0 aliphatic heterocycles. The van der Waals surface area contributed by atoms with E-state index in [1.807, 2.05) is 0 Å². The summed E-state index contributed by atoms with van der Waals surface area (Å²) in [6.07, 6.45) is -3.13. The van der Waals surface area contributed by atoms with E-state index in [0.717, 1.165) is 18.6 Å². The maximum atomic E-state index is 13.0. The van der Waals surface area contributed by atoms with E-state index in [0.29, 0.717) is 26.1 Å². The Kier molecular flexibility index (Phi) is 5.99. The van der Waals surface area contributed by atoms with Gasteiger partial charge in [-0.1, -0.05) is 12.1 Å². The normalized spacial score (nSPS) is 12.2. The summed E-state index contributed by atoms with van der Waals surface area (Å²) in [6.45, 7) is 0. The van der Waals surface area contributed by atoms with Crippen LogP contribution in [0.4, 0.5) is 18.2 Å². The number of aliphatic imine (C=N–C) groups is 1. The lowest BCUT2D eigenvalue weighted by molar-refractivity contribution is -0.137. The lowest BCUT2D eigenvalue weighted by Crippen LogP contribution is -2.19. The molecule has 3 rings (SSSR count). The molecule has 0 aliphatic rings. The standard InChI is InChI=1S/C18H13BrF3N5OS/c19-12-7-29-17(15(12)16(24)26-8-23)27-14(28)4-9-2-1-3-13-11(9)5-10(6-25-13)18(20,21)22/h1-3,5-8H,4H2,(H,27,28)(H3,23,24,26). The van der Waals surface area contributed by atoms with Gasteiger partial charge in [0.25, 0.3) is 0 Å². The van der Waals surface area contributed by atoms with Gasteiger partial charge >= 0.3 is 6.18 Å². The second kappa shape index (κ2) is 8.29. The molecular formula is C18H13BrF3N5OS. The monoisotopic (exact) mass is 483 g/mol. The van der Waals surface area contributed by atoms with Crippen molar-refractivity contribution in [3.05, 3.63) is 57.0 Å². The van der Waals surface area contributed by atoms with Crippen molar-refractivity contribution < 1.29 is 18.0 Å². The SMILES string of the molecule is N=CN=C(N)c1c(Br)csc1NC(=O)Cc1cccc2ncc(C(F)(F)F)cc12. The first kappa shape index (κ1) is 20.9. The van der Waals surface area contributed by atoms with Crippen molar-refractivity contribution in [2.75, 3.05) is 5.32 Å². The Hall–Kier alpha value is -2.79. The number of rotatable bonds is 5. The van der Waals surface area contributed by atoms with E-state index < -0.39 is 17.6 Å². The number of anilines is 1. The summed E-state index contributed by atoms with van der Waals surface area (Å²) in [5.41, 5.74) is 6.16. The molecule has 2 aromatic heterocycles. The molecular weight excluding hydrogens is 471 g/mol. The lowest BCUT2D eigenvalue weighted by atomic mass is 10.0. The van der Waals surface area contributed by atoms with Crippen LogP contribution < -0.4 is 11.1 Å². The third kappa shape index (κ3) is 4.62. The van der Waals surface area contributed by atoms with Crippen molar-refractivity contribution in [3.63, 3.8) is 0 Å².